The van der Waals surface area contributed by atoms with E-state index in [2.05, 4.69) is 32.6 Å². The minimum atomic E-state index is 0.0983. The Morgan fingerprint density at radius 2 is 2.09 bits per heavy atom. The lowest BCUT2D eigenvalue weighted by molar-refractivity contribution is 0.415. The predicted octanol–water partition coefficient (Wildman–Crippen LogP) is 2.06. The number of nitrogens with one attached hydrogen (secondary N) is 2. The maximum Gasteiger partial charge on any atom is 0.149 e. The van der Waals surface area contributed by atoms with Crippen molar-refractivity contribution in [2.75, 3.05) is 7.11 Å². The van der Waals surface area contributed by atoms with Gasteiger partial charge in [0.15, 0.2) is 0 Å². The van der Waals surface area contributed by atoms with Gasteiger partial charge in [-0.25, -0.2) is 0 Å². The second-order valence-electron chi connectivity index (χ2n) is 5.40. The van der Waals surface area contributed by atoms with E-state index in [-0.39, 0.29) is 6.04 Å². The Kier molecular flexibility index (Phi) is 4.38. The van der Waals surface area contributed by atoms with Crippen LogP contribution in [-0.2, 0) is 13.6 Å². The second kappa shape index (κ2) is 6.62. The van der Waals surface area contributed by atoms with Gasteiger partial charge in [0, 0.05) is 24.7 Å². The Balaban J connectivity index is 1.72. The molecule has 2 N–H and O–H groups in total. The number of nitrogens with zero attached hydrogens (tertiary/aromatic N) is 4. The van der Waals surface area contributed by atoms with E-state index in [1.807, 2.05) is 42.1 Å². The molecule has 120 valence electrons. The zero-order valence-electron chi connectivity index (χ0n) is 13.4. The average molecular weight is 312 g/mol. The molecule has 0 aliphatic rings. The van der Waals surface area contributed by atoms with E-state index < -0.39 is 0 Å². The van der Waals surface area contributed by atoms with Crippen molar-refractivity contribution in [3.8, 4) is 17.0 Å². The molecule has 0 amide bonds. The van der Waals surface area contributed by atoms with Crippen LogP contribution in [-0.4, -0.2) is 32.1 Å². The van der Waals surface area contributed by atoms with Gasteiger partial charge in [0.25, 0.3) is 0 Å². The van der Waals surface area contributed by atoms with Gasteiger partial charge in [-0.1, -0.05) is 0 Å². The van der Waals surface area contributed by atoms with Crippen molar-refractivity contribution < 1.29 is 4.74 Å². The fourth-order valence-electron chi connectivity index (χ4n) is 2.49. The van der Waals surface area contributed by atoms with Crippen LogP contribution in [0.3, 0.4) is 0 Å². The van der Waals surface area contributed by atoms with Gasteiger partial charge in [-0.2, -0.15) is 5.10 Å². The first-order chi connectivity index (χ1) is 11.2. The van der Waals surface area contributed by atoms with E-state index in [1.165, 1.54) is 0 Å². The first-order valence-electron chi connectivity index (χ1n) is 7.43. The molecule has 0 aliphatic carbocycles. The van der Waals surface area contributed by atoms with Crippen LogP contribution in [0.25, 0.3) is 11.3 Å². The third-order valence-corrected chi connectivity index (χ3v) is 3.83. The number of aromatic nitrogens is 5. The summed E-state index contributed by atoms with van der Waals surface area (Å²) < 4.78 is 7.11. The normalized spacial score (nSPS) is 12.3. The summed E-state index contributed by atoms with van der Waals surface area (Å²) in [4.78, 5) is 0. The number of rotatable bonds is 6. The van der Waals surface area contributed by atoms with Crippen LogP contribution in [0.4, 0.5) is 0 Å². The van der Waals surface area contributed by atoms with E-state index in [0.29, 0.717) is 6.54 Å². The number of methoxy groups -OCH3 is 1. The molecular formula is C16H20N6O. The molecule has 2 heterocycles. The van der Waals surface area contributed by atoms with Crippen LogP contribution in [0.1, 0.15) is 24.4 Å². The minimum absolute atomic E-state index is 0.0983. The molecule has 1 aromatic carbocycles. The highest BCUT2D eigenvalue weighted by Gasteiger charge is 2.13. The summed E-state index contributed by atoms with van der Waals surface area (Å²) in [6, 6.07) is 8.01. The molecule has 0 saturated heterocycles. The van der Waals surface area contributed by atoms with Gasteiger partial charge >= 0.3 is 0 Å². The summed E-state index contributed by atoms with van der Waals surface area (Å²) in [7, 11) is 3.60. The van der Waals surface area contributed by atoms with E-state index in [0.717, 1.165) is 28.4 Å². The zero-order valence-corrected chi connectivity index (χ0v) is 13.4. The van der Waals surface area contributed by atoms with E-state index in [1.54, 1.807) is 13.4 Å². The predicted molar refractivity (Wildman–Crippen MR) is 86.8 cm³/mol. The largest absolute Gasteiger partial charge is 0.497 e. The molecular weight excluding hydrogens is 292 g/mol. The Morgan fingerprint density at radius 3 is 2.74 bits per heavy atom. The molecule has 3 rings (SSSR count). The third kappa shape index (κ3) is 3.24. The van der Waals surface area contributed by atoms with Crippen molar-refractivity contribution in [3.05, 3.63) is 48.2 Å². The fraction of sp³-hybridized carbons (Fsp3) is 0.312. The van der Waals surface area contributed by atoms with Crippen molar-refractivity contribution in [2.24, 2.45) is 7.05 Å². The minimum Gasteiger partial charge on any atom is -0.497 e. The molecule has 0 spiro atoms. The van der Waals surface area contributed by atoms with E-state index in [9.17, 15) is 0 Å². The molecule has 1 atom stereocenters. The van der Waals surface area contributed by atoms with Gasteiger partial charge in [-0.05, 0) is 31.2 Å². The van der Waals surface area contributed by atoms with E-state index in [4.69, 9.17) is 4.74 Å². The van der Waals surface area contributed by atoms with Crippen LogP contribution >= 0.6 is 0 Å². The van der Waals surface area contributed by atoms with Gasteiger partial charge in [-0.15, -0.1) is 10.2 Å². The molecule has 3 aromatic rings. The first-order valence-corrected chi connectivity index (χ1v) is 7.43. The van der Waals surface area contributed by atoms with Gasteiger partial charge in [0.1, 0.15) is 17.9 Å². The van der Waals surface area contributed by atoms with Crippen LogP contribution in [0, 0.1) is 0 Å². The van der Waals surface area contributed by atoms with Gasteiger partial charge in [0.05, 0.1) is 25.0 Å². The van der Waals surface area contributed by atoms with Crippen molar-refractivity contribution in [1.29, 1.82) is 0 Å². The van der Waals surface area contributed by atoms with E-state index >= 15 is 0 Å². The summed E-state index contributed by atoms with van der Waals surface area (Å²) in [5, 5.41) is 18.7. The summed E-state index contributed by atoms with van der Waals surface area (Å²) >= 11 is 0. The first kappa shape index (κ1) is 15.2. The molecule has 1 unspecified atom stereocenters. The molecule has 23 heavy (non-hydrogen) atoms. The van der Waals surface area contributed by atoms with Gasteiger partial charge in [-0.3, -0.25) is 5.10 Å². The quantitative estimate of drug-likeness (QED) is 0.728. The number of hydrogen-bond acceptors (Lipinski definition) is 5. The molecule has 0 radical (unpaired) electrons. The summed E-state index contributed by atoms with van der Waals surface area (Å²) in [5.41, 5.74) is 3.18. The SMILES string of the molecule is COc1ccc(-c2[nH]ncc2CNC(C)c2nncn2C)cc1. The molecule has 7 nitrogen and oxygen atoms in total. The zero-order chi connectivity index (χ0) is 16.2. The van der Waals surface area contributed by atoms with Crippen molar-refractivity contribution in [1.82, 2.24) is 30.3 Å². The monoisotopic (exact) mass is 312 g/mol. The highest BCUT2D eigenvalue weighted by atomic mass is 16.5. The van der Waals surface area contributed by atoms with Crippen molar-refractivity contribution >= 4 is 0 Å². The molecule has 0 bridgehead atoms. The highest BCUT2D eigenvalue weighted by molar-refractivity contribution is 5.63. The van der Waals surface area contributed by atoms with Crippen LogP contribution in [0.5, 0.6) is 5.75 Å². The molecule has 0 aliphatic heterocycles. The second-order valence-corrected chi connectivity index (χ2v) is 5.40. The standard InChI is InChI=1S/C16H20N6O/c1-11(16-21-19-10-22(16)2)17-8-13-9-18-20-15(13)12-4-6-14(23-3)7-5-12/h4-7,9-11,17H,8H2,1-3H3,(H,18,20). The molecule has 0 saturated carbocycles. The maximum atomic E-state index is 5.19. The average Bonchev–Trinajstić information content (AvgIpc) is 3.21. The Hall–Kier alpha value is -2.67. The smallest absolute Gasteiger partial charge is 0.149 e. The Bertz CT molecular complexity index is 761. The lowest BCUT2D eigenvalue weighted by atomic mass is 10.1. The van der Waals surface area contributed by atoms with Crippen molar-refractivity contribution in [3.63, 3.8) is 0 Å². The lowest BCUT2D eigenvalue weighted by Crippen LogP contribution is -2.21. The van der Waals surface area contributed by atoms with Gasteiger partial charge in [0.2, 0.25) is 0 Å². The van der Waals surface area contributed by atoms with Crippen LogP contribution in [0.2, 0.25) is 0 Å². The van der Waals surface area contributed by atoms with Gasteiger partial charge < -0.3 is 14.6 Å². The van der Waals surface area contributed by atoms with Crippen LogP contribution < -0.4 is 10.1 Å². The Labute approximate surface area is 134 Å². The lowest BCUT2D eigenvalue weighted by Gasteiger charge is -2.13. The van der Waals surface area contributed by atoms with Crippen LogP contribution in [0.15, 0.2) is 36.8 Å². The molecule has 0 fully saturated rings. The fourth-order valence-corrected chi connectivity index (χ4v) is 2.49. The molecule has 7 heteroatoms. The summed E-state index contributed by atoms with van der Waals surface area (Å²) in [5.74, 6) is 1.74. The number of H-pyrrole nitrogens is 1. The molecule has 2 aromatic heterocycles. The highest BCUT2D eigenvalue weighted by Crippen LogP contribution is 2.24. The number of ether oxygens (including phenoxy) is 1. The number of aromatic amines is 1. The number of aryl methyl sites for hydroxylation is 1. The Morgan fingerprint density at radius 1 is 1.30 bits per heavy atom. The number of hydrogen-bond donors (Lipinski definition) is 2. The summed E-state index contributed by atoms with van der Waals surface area (Å²) in [6.45, 7) is 2.75. The summed E-state index contributed by atoms with van der Waals surface area (Å²) in [6.07, 6.45) is 3.55. The topological polar surface area (TPSA) is 80.7 Å². The number of benzene rings is 1. The third-order valence-electron chi connectivity index (χ3n) is 3.83. The van der Waals surface area contributed by atoms with Crippen molar-refractivity contribution in [2.45, 2.75) is 19.5 Å². The maximum absolute atomic E-state index is 5.19.